The van der Waals surface area contributed by atoms with Gasteiger partial charge in [-0.25, -0.2) is 0 Å². The Hall–Kier alpha value is -1.51. The molecule has 0 spiro atoms. The van der Waals surface area contributed by atoms with Gasteiger partial charge in [0.2, 0.25) is 5.91 Å². The van der Waals surface area contributed by atoms with Gasteiger partial charge in [-0.05, 0) is 36.0 Å². The van der Waals surface area contributed by atoms with Crippen LogP contribution in [0.2, 0.25) is 0 Å². The molecule has 0 unspecified atom stereocenters. The highest BCUT2D eigenvalue weighted by Crippen LogP contribution is 2.25. The summed E-state index contributed by atoms with van der Waals surface area (Å²) in [5.74, 6) is 1.99. The number of ether oxygens (including phenoxy) is 1. The molecule has 0 aliphatic carbocycles. The van der Waals surface area contributed by atoms with Crippen molar-refractivity contribution in [3.05, 3.63) is 29.8 Å². The van der Waals surface area contributed by atoms with Crippen LogP contribution in [0, 0.1) is 5.92 Å². The standard InChI is InChI=1S/C23H38N4O2.HI/c1-17(2)21(28)27-13-10-19(11-14-27)26-22(24-6)25-12-15-29-20-9-7-8-18(16-20)23(3,4)5;/h7-9,16-17,19H,10-15H2,1-6H3,(H2,24,25,26);1H. The van der Waals surface area contributed by atoms with Crippen molar-refractivity contribution in [2.24, 2.45) is 10.9 Å². The third kappa shape index (κ3) is 8.32. The summed E-state index contributed by atoms with van der Waals surface area (Å²) in [7, 11) is 1.78. The molecule has 0 saturated carbocycles. The van der Waals surface area contributed by atoms with E-state index in [0.29, 0.717) is 19.2 Å². The molecule has 1 aliphatic heterocycles. The number of hydrogen-bond donors (Lipinski definition) is 2. The second-order valence-electron chi connectivity index (χ2n) is 9.02. The van der Waals surface area contributed by atoms with Gasteiger partial charge in [0, 0.05) is 32.1 Å². The van der Waals surface area contributed by atoms with Crippen LogP contribution in [-0.4, -0.2) is 56.1 Å². The summed E-state index contributed by atoms with van der Waals surface area (Å²) in [6, 6.07) is 8.62. The zero-order valence-corrected chi connectivity index (χ0v) is 21.7. The van der Waals surface area contributed by atoms with Crippen molar-refractivity contribution in [1.82, 2.24) is 15.5 Å². The summed E-state index contributed by atoms with van der Waals surface area (Å²) in [4.78, 5) is 18.4. The quantitative estimate of drug-likeness (QED) is 0.254. The number of likely N-dealkylation sites (tertiary alicyclic amines) is 1. The van der Waals surface area contributed by atoms with Crippen molar-refractivity contribution in [2.75, 3.05) is 33.3 Å². The van der Waals surface area contributed by atoms with E-state index in [2.05, 4.69) is 48.5 Å². The minimum atomic E-state index is 0. The van der Waals surface area contributed by atoms with E-state index in [1.807, 2.05) is 30.9 Å². The number of piperidine rings is 1. The molecule has 2 rings (SSSR count). The smallest absolute Gasteiger partial charge is 0.225 e. The van der Waals surface area contributed by atoms with Gasteiger partial charge in [-0.1, -0.05) is 46.8 Å². The molecule has 0 radical (unpaired) electrons. The molecule has 1 aliphatic rings. The van der Waals surface area contributed by atoms with E-state index in [1.165, 1.54) is 5.56 Å². The number of rotatable bonds is 6. The Labute approximate surface area is 199 Å². The Morgan fingerprint density at radius 1 is 1.27 bits per heavy atom. The van der Waals surface area contributed by atoms with Gasteiger partial charge >= 0.3 is 0 Å². The van der Waals surface area contributed by atoms with Crippen LogP contribution in [0.25, 0.3) is 0 Å². The van der Waals surface area contributed by atoms with Gasteiger partial charge in [-0.2, -0.15) is 0 Å². The molecule has 0 aromatic heterocycles. The fourth-order valence-electron chi connectivity index (χ4n) is 3.39. The lowest BCUT2D eigenvalue weighted by Crippen LogP contribution is -2.50. The number of nitrogens with zero attached hydrogens (tertiary/aromatic N) is 2. The maximum absolute atomic E-state index is 12.1. The highest BCUT2D eigenvalue weighted by atomic mass is 127. The Morgan fingerprint density at radius 3 is 2.50 bits per heavy atom. The average molecular weight is 530 g/mol. The first-order chi connectivity index (χ1) is 13.7. The highest BCUT2D eigenvalue weighted by molar-refractivity contribution is 14.0. The van der Waals surface area contributed by atoms with Crippen molar-refractivity contribution in [3.63, 3.8) is 0 Å². The van der Waals surface area contributed by atoms with Crippen molar-refractivity contribution in [1.29, 1.82) is 0 Å². The second kappa shape index (κ2) is 12.4. The van der Waals surface area contributed by atoms with E-state index in [0.717, 1.165) is 37.6 Å². The molecule has 1 saturated heterocycles. The molecule has 6 nitrogen and oxygen atoms in total. The fraction of sp³-hybridized carbons (Fsp3) is 0.652. The van der Waals surface area contributed by atoms with Crippen molar-refractivity contribution in [3.8, 4) is 5.75 Å². The highest BCUT2D eigenvalue weighted by Gasteiger charge is 2.24. The van der Waals surface area contributed by atoms with Crippen LogP contribution in [0.1, 0.15) is 53.0 Å². The van der Waals surface area contributed by atoms with Crippen LogP contribution < -0.4 is 15.4 Å². The second-order valence-corrected chi connectivity index (χ2v) is 9.02. The predicted octanol–water partition coefficient (Wildman–Crippen LogP) is 3.79. The number of aliphatic imine (C=N–C) groups is 1. The summed E-state index contributed by atoms with van der Waals surface area (Å²) in [6.07, 6.45) is 1.88. The average Bonchev–Trinajstić information content (AvgIpc) is 2.69. The summed E-state index contributed by atoms with van der Waals surface area (Å²) in [5, 5.41) is 6.78. The van der Waals surface area contributed by atoms with Gasteiger partial charge in [-0.15, -0.1) is 24.0 Å². The summed E-state index contributed by atoms with van der Waals surface area (Å²) >= 11 is 0. The van der Waals surface area contributed by atoms with E-state index in [9.17, 15) is 4.79 Å². The first-order valence-electron chi connectivity index (χ1n) is 10.7. The minimum absolute atomic E-state index is 0. The van der Waals surface area contributed by atoms with Crippen molar-refractivity contribution in [2.45, 2.75) is 58.9 Å². The molecule has 1 aromatic carbocycles. The van der Waals surface area contributed by atoms with E-state index in [-0.39, 0.29) is 41.2 Å². The number of carbonyl (C=O) groups is 1. The Kier molecular flexibility index (Phi) is 10.9. The van der Waals surface area contributed by atoms with E-state index in [1.54, 1.807) is 7.05 Å². The lowest BCUT2D eigenvalue weighted by molar-refractivity contribution is -0.135. The molecule has 0 atom stereocenters. The van der Waals surface area contributed by atoms with Gasteiger partial charge in [0.1, 0.15) is 12.4 Å². The molecular formula is C23H39IN4O2. The number of halogens is 1. The van der Waals surface area contributed by atoms with Crippen molar-refractivity contribution >= 4 is 35.8 Å². The van der Waals surface area contributed by atoms with Gasteiger partial charge < -0.3 is 20.3 Å². The molecule has 170 valence electrons. The molecule has 1 heterocycles. The first kappa shape index (κ1) is 26.5. The molecule has 1 aromatic rings. The summed E-state index contributed by atoms with van der Waals surface area (Å²) in [5.41, 5.74) is 1.38. The van der Waals surface area contributed by atoms with Crippen LogP contribution in [-0.2, 0) is 10.2 Å². The molecule has 30 heavy (non-hydrogen) atoms. The molecule has 0 bridgehead atoms. The monoisotopic (exact) mass is 530 g/mol. The summed E-state index contributed by atoms with van der Waals surface area (Å²) in [6.45, 7) is 13.4. The summed E-state index contributed by atoms with van der Waals surface area (Å²) < 4.78 is 5.90. The van der Waals surface area contributed by atoms with Crippen LogP contribution in [0.4, 0.5) is 0 Å². The maximum atomic E-state index is 12.1. The van der Waals surface area contributed by atoms with Crippen LogP contribution in [0.5, 0.6) is 5.75 Å². The number of hydrogen-bond acceptors (Lipinski definition) is 3. The maximum Gasteiger partial charge on any atom is 0.225 e. The van der Waals surface area contributed by atoms with Gasteiger partial charge in [0.15, 0.2) is 5.96 Å². The molecular weight excluding hydrogens is 491 g/mol. The molecule has 1 amide bonds. The SMILES string of the molecule is CN=C(NCCOc1cccc(C(C)(C)C)c1)NC1CCN(C(=O)C(C)C)CC1.I. The van der Waals surface area contributed by atoms with Crippen molar-refractivity contribution < 1.29 is 9.53 Å². The lowest BCUT2D eigenvalue weighted by Gasteiger charge is -2.34. The zero-order chi connectivity index (χ0) is 21.4. The minimum Gasteiger partial charge on any atom is -0.492 e. The molecule has 1 fully saturated rings. The van der Waals surface area contributed by atoms with E-state index < -0.39 is 0 Å². The number of carbonyl (C=O) groups excluding carboxylic acids is 1. The van der Waals surface area contributed by atoms with E-state index in [4.69, 9.17) is 4.74 Å². The van der Waals surface area contributed by atoms with Gasteiger partial charge in [0.05, 0.1) is 6.54 Å². The Balaban J connectivity index is 0.00000450. The third-order valence-corrected chi connectivity index (χ3v) is 5.23. The predicted molar refractivity (Wildman–Crippen MR) is 135 cm³/mol. The Morgan fingerprint density at radius 2 is 1.93 bits per heavy atom. The normalized spacial score (nSPS) is 15.6. The van der Waals surface area contributed by atoms with Crippen LogP contribution in [0.15, 0.2) is 29.3 Å². The topological polar surface area (TPSA) is 66.0 Å². The molecule has 2 N–H and O–H groups in total. The van der Waals surface area contributed by atoms with E-state index >= 15 is 0 Å². The Bertz CT molecular complexity index is 693. The van der Waals surface area contributed by atoms with Crippen LogP contribution in [0.3, 0.4) is 0 Å². The van der Waals surface area contributed by atoms with Gasteiger partial charge in [0.25, 0.3) is 0 Å². The number of benzene rings is 1. The molecule has 7 heteroatoms. The number of guanidine groups is 1. The first-order valence-corrected chi connectivity index (χ1v) is 10.7. The van der Waals surface area contributed by atoms with Gasteiger partial charge in [-0.3, -0.25) is 9.79 Å². The number of amides is 1. The third-order valence-electron chi connectivity index (χ3n) is 5.23. The number of nitrogens with one attached hydrogen (secondary N) is 2. The largest absolute Gasteiger partial charge is 0.492 e. The van der Waals surface area contributed by atoms with Crippen LogP contribution >= 0.6 is 24.0 Å². The zero-order valence-electron chi connectivity index (χ0n) is 19.3. The lowest BCUT2D eigenvalue weighted by atomic mass is 9.87. The fourth-order valence-corrected chi connectivity index (χ4v) is 3.39.